The maximum absolute atomic E-state index is 12.8. The second-order valence-corrected chi connectivity index (χ2v) is 9.49. The summed E-state index contributed by atoms with van der Waals surface area (Å²) in [6, 6.07) is 13.5. The lowest BCUT2D eigenvalue weighted by atomic mass is 10.2. The summed E-state index contributed by atoms with van der Waals surface area (Å²) in [5, 5.41) is 2.74. The van der Waals surface area contributed by atoms with Gasteiger partial charge >= 0.3 is 0 Å². The van der Waals surface area contributed by atoms with E-state index in [0.29, 0.717) is 24.5 Å². The minimum absolute atomic E-state index is 0.158. The molecule has 1 saturated heterocycles. The molecule has 0 spiro atoms. The molecule has 1 N–H and O–H groups in total. The summed E-state index contributed by atoms with van der Waals surface area (Å²) in [4.78, 5) is 12.2. The molecule has 8 heteroatoms. The number of ether oxygens (including phenoxy) is 1. The summed E-state index contributed by atoms with van der Waals surface area (Å²) in [5.74, 6) is 0.157. The first kappa shape index (κ1) is 20.8. The lowest BCUT2D eigenvalue weighted by Gasteiger charge is -2.20. The number of halogens is 1. The molecule has 2 aromatic rings. The van der Waals surface area contributed by atoms with Crippen molar-refractivity contribution >= 4 is 37.5 Å². The van der Waals surface area contributed by atoms with Gasteiger partial charge < -0.3 is 10.1 Å². The van der Waals surface area contributed by atoms with E-state index < -0.39 is 10.0 Å². The van der Waals surface area contributed by atoms with Crippen LogP contribution in [0.5, 0.6) is 5.75 Å². The van der Waals surface area contributed by atoms with Crippen LogP contribution in [-0.2, 0) is 14.8 Å². The highest BCUT2D eigenvalue weighted by Gasteiger charge is 2.25. The highest BCUT2D eigenvalue weighted by atomic mass is 79.9. The zero-order valence-corrected chi connectivity index (χ0v) is 17.8. The Kier molecular flexibility index (Phi) is 7.09. The zero-order valence-electron chi connectivity index (χ0n) is 15.4. The zero-order chi connectivity index (χ0) is 20.0. The summed E-state index contributed by atoms with van der Waals surface area (Å²) >= 11 is 3.34. The number of carbonyl (C=O) groups is 1. The third kappa shape index (κ3) is 5.56. The number of hydrogen-bond acceptors (Lipinski definition) is 4. The first-order valence-electron chi connectivity index (χ1n) is 9.23. The normalized spacial score (nSPS) is 15.6. The smallest absolute Gasteiger partial charge is 0.262 e. The predicted octanol–water partition coefficient (Wildman–Crippen LogP) is 4.03. The van der Waals surface area contributed by atoms with E-state index in [1.54, 1.807) is 28.6 Å². The summed E-state index contributed by atoms with van der Waals surface area (Å²) in [5.41, 5.74) is 0.677. The number of nitrogens with zero attached hydrogens (tertiary/aromatic N) is 1. The van der Waals surface area contributed by atoms with Crippen LogP contribution in [-0.4, -0.2) is 38.3 Å². The van der Waals surface area contributed by atoms with Gasteiger partial charge in [0.2, 0.25) is 10.0 Å². The molecule has 150 valence electrons. The van der Waals surface area contributed by atoms with Crippen LogP contribution < -0.4 is 10.1 Å². The van der Waals surface area contributed by atoms with E-state index in [4.69, 9.17) is 4.74 Å². The van der Waals surface area contributed by atoms with Gasteiger partial charge in [0, 0.05) is 23.2 Å². The van der Waals surface area contributed by atoms with Crippen molar-refractivity contribution in [2.75, 3.05) is 25.0 Å². The largest absolute Gasteiger partial charge is 0.484 e. The van der Waals surface area contributed by atoms with Gasteiger partial charge in [-0.1, -0.05) is 28.8 Å². The Morgan fingerprint density at radius 2 is 1.57 bits per heavy atom. The molecule has 1 aliphatic heterocycles. The molecular formula is C20H23BrN2O4S. The SMILES string of the molecule is O=C(COc1ccc(S(=O)(=O)N2CCCCCC2)cc1)Nc1ccc(Br)cc1. The fourth-order valence-corrected chi connectivity index (χ4v) is 4.80. The van der Waals surface area contributed by atoms with Crippen LogP contribution >= 0.6 is 15.9 Å². The second kappa shape index (κ2) is 9.54. The van der Waals surface area contributed by atoms with Crippen LogP contribution in [0, 0.1) is 0 Å². The molecule has 1 amide bonds. The van der Waals surface area contributed by atoms with Gasteiger partial charge in [-0.05, 0) is 61.4 Å². The molecule has 0 unspecified atom stereocenters. The van der Waals surface area contributed by atoms with E-state index in [1.165, 1.54) is 12.1 Å². The van der Waals surface area contributed by atoms with E-state index in [1.807, 2.05) is 12.1 Å². The monoisotopic (exact) mass is 466 g/mol. The van der Waals surface area contributed by atoms with E-state index in [9.17, 15) is 13.2 Å². The van der Waals surface area contributed by atoms with Crippen LogP contribution in [0.25, 0.3) is 0 Å². The number of nitrogens with one attached hydrogen (secondary N) is 1. The Labute approximate surface area is 174 Å². The maximum Gasteiger partial charge on any atom is 0.262 e. The highest BCUT2D eigenvalue weighted by Crippen LogP contribution is 2.22. The first-order valence-corrected chi connectivity index (χ1v) is 11.5. The summed E-state index contributed by atoms with van der Waals surface area (Å²) < 4.78 is 33.5. The molecule has 2 aromatic carbocycles. The van der Waals surface area contributed by atoms with Crippen LogP contribution in [0.15, 0.2) is 57.9 Å². The van der Waals surface area contributed by atoms with Crippen LogP contribution in [0.4, 0.5) is 5.69 Å². The third-order valence-electron chi connectivity index (χ3n) is 4.52. The Bertz CT molecular complexity index is 891. The van der Waals surface area contributed by atoms with Gasteiger partial charge in [0.05, 0.1) is 4.90 Å². The molecule has 0 radical (unpaired) electrons. The van der Waals surface area contributed by atoms with Crippen molar-refractivity contribution in [2.45, 2.75) is 30.6 Å². The molecule has 0 bridgehead atoms. The topological polar surface area (TPSA) is 75.7 Å². The third-order valence-corrected chi connectivity index (χ3v) is 6.97. The van der Waals surface area contributed by atoms with Crippen molar-refractivity contribution in [1.29, 1.82) is 0 Å². The lowest BCUT2D eigenvalue weighted by molar-refractivity contribution is -0.118. The second-order valence-electron chi connectivity index (χ2n) is 6.63. The van der Waals surface area contributed by atoms with Gasteiger partial charge in [-0.2, -0.15) is 4.31 Å². The Morgan fingerprint density at radius 1 is 0.964 bits per heavy atom. The van der Waals surface area contributed by atoms with Crippen molar-refractivity contribution in [3.63, 3.8) is 0 Å². The molecule has 0 saturated carbocycles. The fourth-order valence-electron chi connectivity index (χ4n) is 3.02. The van der Waals surface area contributed by atoms with Crippen LogP contribution in [0.3, 0.4) is 0 Å². The molecule has 0 atom stereocenters. The Balaban J connectivity index is 1.56. The average molecular weight is 467 g/mol. The molecule has 1 fully saturated rings. The van der Waals surface area contributed by atoms with Crippen LogP contribution in [0.1, 0.15) is 25.7 Å². The number of rotatable bonds is 6. The number of carbonyl (C=O) groups excluding carboxylic acids is 1. The summed E-state index contributed by atoms with van der Waals surface area (Å²) in [7, 11) is -3.48. The van der Waals surface area contributed by atoms with Gasteiger partial charge in [-0.15, -0.1) is 0 Å². The minimum atomic E-state index is -3.48. The van der Waals surface area contributed by atoms with E-state index >= 15 is 0 Å². The van der Waals surface area contributed by atoms with Gasteiger partial charge in [0.15, 0.2) is 6.61 Å². The number of hydrogen-bond donors (Lipinski definition) is 1. The summed E-state index contributed by atoms with van der Waals surface area (Å²) in [6.45, 7) is 0.974. The molecule has 3 rings (SSSR count). The quantitative estimate of drug-likeness (QED) is 0.696. The number of anilines is 1. The molecule has 1 aliphatic rings. The lowest BCUT2D eigenvalue weighted by Crippen LogP contribution is -2.31. The van der Waals surface area contributed by atoms with E-state index in [0.717, 1.165) is 30.2 Å². The van der Waals surface area contributed by atoms with Crippen molar-refractivity contribution in [2.24, 2.45) is 0 Å². The first-order chi connectivity index (χ1) is 13.4. The van der Waals surface area contributed by atoms with Gasteiger partial charge in [0.25, 0.3) is 5.91 Å². The summed E-state index contributed by atoms with van der Waals surface area (Å²) in [6.07, 6.45) is 3.93. The minimum Gasteiger partial charge on any atom is -0.484 e. The number of amides is 1. The number of sulfonamides is 1. The van der Waals surface area contributed by atoms with Crippen molar-refractivity contribution < 1.29 is 17.9 Å². The van der Waals surface area contributed by atoms with E-state index in [-0.39, 0.29) is 17.4 Å². The van der Waals surface area contributed by atoms with Crippen molar-refractivity contribution in [1.82, 2.24) is 4.31 Å². The molecule has 0 aromatic heterocycles. The fraction of sp³-hybridized carbons (Fsp3) is 0.350. The molecule has 1 heterocycles. The Morgan fingerprint density at radius 3 is 2.18 bits per heavy atom. The molecule has 6 nitrogen and oxygen atoms in total. The molecule has 0 aliphatic carbocycles. The van der Waals surface area contributed by atoms with Crippen molar-refractivity contribution in [3.8, 4) is 5.75 Å². The van der Waals surface area contributed by atoms with Gasteiger partial charge in [-0.3, -0.25) is 4.79 Å². The predicted molar refractivity (Wildman–Crippen MR) is 112 cm³/mol. The number of benzene rings is 2. The average Bonchev–Trinajstić information content (AvgIpc) is 2.99. The maximum atomic E-state index is 12.8. The molecule has 28 heavy (non-hydrogen) atoms. The van der Waals surface area contributed by atoms with Crippen molar-refractivity contribution in [3.05, 3.63) is 53.0 Å². The van der Waals surface area contributed by atoms with Gasteiger partial charge in [-0.25, -0.2) is 8.42 Å². The van der Waals surface area contributed by atoms with Gasteiger partial charge in [0.1, 0.15) is 5.75 Å². The Hall–Kier alpha value is -1.90. The standard InChI is InChI=1S/C20H23BrN2O4S/c21-16-5-7-17(8-6-16)22-20(24)15-27-18-9-11-19(12-10-18)28(25,26)23-13-3-1-2-4-14-23/h5-12H,1-4,13-15H2,(H,22,24). The van der Waals surface area contributed by atoms with Crippen LogP contribution in [0.2, 0.25) is 0 Å². The van der Waals surface area contributed by atoms with E-state index in [2.05, 4.69) is 21.2 Å². The molecular weight excluding hydrogens is 444 g/mol. The highest BCUT2D eigenvalue weighted by molar-refractivity contribution is 9.10.